The fourth-order valence-electron chi connectivity index (χ4n) is 2.69. The summed E-state index contributed by atoms with van der Waals surface area (Å²) in [6.07, 6.45) is 0. The Morgan fingerprint density at radius 3 is 2.58 bits per heavy atom. The van der Waals surface area contributed by atoms with E-state index in [1.54, 1.807) is 0 Å². The molecule has 0 aliphatic heterocycles. The van der Waals surface area contributed by atoms with E-state index in [4.69, 9.17) is 11.6 Å². The van der Waals surface area contributed by atoms with E-state index in [0.29, 0.717) is 0 Å². The fourth-order valence-corrected chi connectivity index (χ4v) is 3.36. The number of halogens is 2. The molecule has 0 saturated carbocycles. The van der Waals surface area contributed by atoms with Gasteiger partial charge in [-0.2, -0.15) is 0 Å². The van der Waals surface area contributed by atoms with Crippen molar-refractivity contribution in [1.29, 1.82) is 0 Å². The summed E-state index contributed by atoms with van der Waals surface area (Å²) in [7, 11) is 0. The molecule has 3 aromatic carbocycles. The van der Waals surface area contributed by atoms with Gasteiger partial charge in [0.1, 0.15) is 0 Å². The summed E-state index contributed by atoms with van der Waals surface area (Å²) in [6, 6.07) is 16.5. The predicted molar refractivity (Wildman–Crippen MR) is 86.0 cm³/mol. The lowest BCUT2D eigenvalue weighted by Crippen LogP contribution is -1.76. The minimum atomic E-state index is 0.764. The molecule has 0 bridgehead atoms. The monoisotopic (exact) mass is 329 g/mol. The maximum Gasteiger partial charge on any atom is 0.0471 e. The average Bonchev–Trinajstić information content (AvgIpc) is 2.77. The molecule has 0 aliphatic carbocycles. The van der Waals surface area contributed by atoms with Crippen LogP contribution in [-0.2, 0) is 0 Å². The van der Waals surface area contributed by atoms with Crippen molar-refractivity contribution in [1.82, 2.24) is 4.98 Å². The molecule has 1 aromatic heterocycles. The van der Waals surface area contributed by atoms with Gasteiger partial charge in [-0.3, -0.25) is 0 Å². The standard InChI is InChI=1S/C16H9BrClN/c17-13-3-1-2-11-10(13)5-7-15-16(11)12-8-9(18)4-6-14(12)19-15/h1-8,19H. The van der Waals surface area contributed by atoms with E-state index in [0.717, 1.165) is 20.5 Å². The van der Waals surface area contributed by atoms with Crippen LogP contribution in [-0.4, -0.2) is 4.98 Å². The Hall–Kier alpha value is -1.51. The topological polar surface area (TPSA) is 15.8 Å². The van der Waals surface area contributed by atoms with E-state index >= 15 is 0 Å². The van der Waals surface area contributed by atoms with Crippen molar-refractivity contribution in [3.8, 4) is 0 Å². The Labute approximate surface area is 123 Å². The van der Waals surface area contributed by atoms with Crippen molar-refractivity contribution in [2.75, 3.05) is 0 Å². The SMILES string of the molecule is Clc1ccc2[nH]c3ccc4c(Br)cccc4c3c2c1. The second-order valence-corrected chi connectivity index (χ2v) is 5.93. The number of hydrogen-bond acceptors (Lipinski definition) is 0. The van der Waals surface area contributed by atoms with Crippen molar-refractivity contribution in [3.63, 3.8) is 0 Å². The number of benzene rings is 3. The zero-order chi connectivity index (χ0) is 13.0. The molecular formula is C16H9BrClN. The molecule has 0 aliphatic rings. The molecule has 4 rings (SSSR count). The molecule has 0 unspecified atom stereocenters. The molecule has 1 N–H and O–H groups in total. The third-order valence-electron chi connectivity index (χ3n) is 3.53. The Morgan fingerprint density at radius 1 is 0.842 bits per heavy atom. The summed E-state index contributed by atoms with van der Waals surface area (Å²) < 4.78 is 1.11. The summed E-state index contributed by atoms with van der Waals surface area (Å²) in [5, 5.41) is 5.62. The van der Waals surface area contributed by atoms with Crippen molar-refractivity contribution >= 4 is 60.1 Å². The smallest absolute Gasteiger partial charge is 0.0471 e. The second-order valence-electron chi connectivity index (χ2n) is 4.64. The second kappa shape index (κ2) is 3.99. The Kier molecular flexibility index (Phi) is 2.38. The van der Waals surface area contributed by atoms with Crippen molar-refractivity contribution in [2.24, 2.45) is 0 Å². The van der Waals surface area contributed by atoms with Gasteiger partial charge in [-0.05, 0) is 41.1 Å². The largest absolute Gasteiger partial charge is 0.354 e. The summed E-state index contributed by atoms with van der Waals surface area (Å²) in [5.74, 6) is 0. The molecule has 92 valence electrons. The molecule has 0 saturated heterocycles. The number of nitrogens with one attached hydrogen (secondary N) is 1. The number of fused-ring (bicyclic) bond motifs is 5. The first kappa shape index (κ1) is 11.3. The van der Waals surface area contributed by atoms with Gasteiger partial charge in [0, 0.05) is 31.3 Å². The van der Waals surface area contributed by atoms with E-state index < -0.39 is 0 Å². The quantitative estimate of drug-likeness (QED) is 0.414. The van der Waals surface area contributed by atoms with Crippen LogP contribution < -0.4 is 0 Å². The molecule has 0 radical (unpaired) electrons. The average molecular weight is 331 g/mol. The molecule has 0 fully saturated rings. The van der Waals surface area contributed by atoms with E-state index in [9.17, 15) is 0 Å². The summed E-state index contributed by atoms with van der Waals surface area (Å²) in [6.45, 7) is 0. The van der Waals surface area contributed by atoms with Crippen LogP contribution in [0, 0.1) is 0 Å². The van der Waals surface area contributed by atoms with E-state index in [1.165, 1.54) is 21.5 Å². The normalized spacial score (nSPS) is 11.7. The van der Waals surface area contributed by atoms with Crippen molar-refractivity contribution in [3.05, 3.63) is 58.0 Å². The number of H-pyrrole nitrogens is 1. The molecule has 1 nitrogen and oxygen atoms in total. The van der Waals surface area contributed by atoms with Crippen LogP contribution in [0.25, 0.3) is 32.6 Å². The van der Waals surface area contributed by atoms with Gasteiger partial charge >= 0.3 is 0 Å². The van der Waals surface area contributed by atoms with Crippen LogP contribution in [0.15, 0.2) is 53.0 Å². The molecule has 3 heteroatoms. The molecule has 0 spiro atoms. The molecule has 19 heavy (non-hydrogen) atoms. The predicted octanol–water partition coefficient (Wildman–Crippen LogP) is 5.89. The summed E-state index contributed by atoms with van der Waals surface area (Å²) >= 11 is 9.75. The molecule has 1 heterocycles. The highest BCUT2D eigenvalue weighted by atomic mass is 79.9. The first-order chi connectivity index (χ1) is 9.24. The van der Waals surface area contributed by atoms with Crippen molar-refractivity contribution < 1.29 is 0 Å². The number of aromatic amines is 1. The molecule has 4 aromatic rings. The maximum absolute atomic E-state index is 6.14. The molecule has 0 atom stereocenters. The first-order valence-electron chi connectivity index (χ1n) is 6.02. The van der Waals surface area contributed by atoms with Crippen LogP contribution in [0.5, 0.6) is 0 Å². The van der Waals surface area contributed by atoms with Gasteiger partial charge in [-0.1, -0.05) is 45.7 Å². The number of hydrogen-bond donors (Lipinski definition) is 1. The van der Waals surface area contributed by atoms with Gasteiger partial charge in [-0.25, -0.2) is 0 Å². The zero-order valence-electron chi connectivity index (χ0n) is 9.87. The Balaban J connectivity index is 2.34. The highest BCUT2D eigenvalue weighted by molar-refractivity contribution is 9.10. The lowest BCUT2D eigenvalue weighted by Gasteiger charge is -2.02. The molecule has 0 amide bonds. The zero-order valence-corrected chi connectivity index (χ0v) is 12.2. The van der Waals surface area contributed by atoms with Crippen LogP contribution >= 0.6 is 27.5 Å². The Bertz CT molecular complexity index is 940. The first-order valence-corrected chi connectivity index (χ1v) is 7.19. The van der Waals surface area contributed by atoms with Gasteiger partial charge in [0.15, 0.2) is 0 Å². The fraction of sp³-hybridized carbons (Fsp3) is 0. The highest BCUT2D eigenvalue weighted by Gasteiger charge is 2.09. The van der Waals surface area contributed by atoms with Crippen LogP contribution in [0.1, 0.15) is 0 Å². The minimum absolute atomic E-state index is 0.764. The van der Waals surface area contributed by atoms with Gasteiger partial charge in [-0.15, -0.1) is 0 Å². The van der Waals surface area contributed by atoms with Crippen LogP contribution in [0.2, 0.25) is 5.02 Å². The van der Waals surface area contributed by atoms with E-state index in [-0.39, 0.29) is 0 Å². The van der Waals surface area contributed by atoms with Gasteiger partial charge in [0.05, 0.1) is 0 Å². The molecular weight excluding hydrogens is 322 g/mol. The third-order valence-corrected chi connectivity index (χ3v) is 4.46. The summed E-state index contributed by atoms with van der Waals surface area (Å²) in [4.78, 5) is 3.44. The highest BCUT2D eigenvalue weighted by Crippen LogP contribution is 2.35. The van der Waals surface area contributed by atoms with E-state index in [2.05, 4.69) is 51.2 Å². The Morgan fingerprint density at radius 2 is 1.68 bits per heavy atom. The van der Waals surface area contributed by atoms with Gasteiger partial charge in [0.2, 0.25) is 0 Å². The lowest BCUT2D eigenvalue weighted by atomic mass is 10.0. The van der Waals surface area contributed by atoms with Crippen LogP contribution in [0.3, 0.4) is 0 Å². The summed E-state index contributed by atoms with van der Waals surface area (Å²) in [5.41, 5.74) is 2.26. The maximum atomic E-state index is 6.14. The number of aromatic nitrogens is 1. The van der Waals surface area contributed by atoms with Gasteiger partial charge in [0.25, 0.3) is 0 Å². The lowest BCUT2D eigenvalue weighted by molar-refractivity contribution is 1.55. The van der Waals surface area contributed by atoms with Crippen molar-refractivity contribution in [2.45, 2.75) is 0 Å². The van der Waals surface area contributed by atoms with Gasteiger partial charge < -0.3 is 4.98 Å². The minimum Gasteiger partial charge on any atom is -0.354 e. The number of rotatable bonds is 0. The third kappa shape index (κ3) is 1.60. The van der Waals surface area contributed by atoms with E-state index in [1.807, 2.05) is 18.2 Å². The van der Waals surface area contributed by atoms with Crippen LogP contribution in [0.4, 0.5) is 0 Å².